The molecule has 0 aromatic carbocycles. The molecule has 1 saturated carbocycles. The minimum atomic E-state index is -2.81. The lowest BCUT2D eigenvalue weighted by atomic mass is 9.84. The van der Waals surface area contributed by atoms with E-state index in [0.717, 1.165) is 19.3 Å². The lowest BCUT2D eigenvalue weighted by Gasteiger charge is -2.26. The Labute approximate surface area is 87.0 Å². The first-order chi connectivity index (χ1) is 6.54. The molecule has 1 fully saturated rings. The molecule has 0 saturated heterocycles. The maximum absolute atomic E-state index is 11.4. The second-order valence-corrected chi connectivity index (χ2v) is 6.87. The number of sulfone groups is 1. The van der Waals surface area contributed by atoms with E-state index in [-0.39, 0.29) is 11.2 Å². The summed E-state index contributed by atoms with van der Waals surface area (Å²) in [7, 11) is -2.81. The van der Waals surface area contributed by atoms with Crippen molar-refractivity contribution in [3.8, 4) is 0 Å². The minimum Gasteiger partial charge on any atom is -0.330 e. The van der Waals surface area contributed by atoms with Crippen molar-refractivity contribution in [1.29, 1.82) is 0 Å². The van der Waals surface area contributed by atoms with Crippen molar-refractivity contribution >= 4 is 9.84 Å². The number of rotatable bonds is 5. The lowest BCUT2D eigenvalue weighted by molar-refractivity contribution is 0.297. The average molecular weight is 219 g/mol. The molecule has 0 spiro atoms. The van der Waals surface area contributed by atoms with Crippen LogP contribution in [0.4, 0.5) is 0 Å². The number of nitrogens with two attached hydrogens (primary N) is 1. The third kappa shape index (κ3) is 2.95. The minimum absolute atomic E-state index is 0.141. The molecule has 1 aliphatic rings. The standard InChI is InChI=1S/C10H21NO2S/c1-2-14(12,13)8-7-10(9-11)5-3-4-6-10/h2-9,11H2,1H3. The van der Waals surface area contributed by atoms with Crippen LogP contribution in [0.2, 0.25) is 0 Å². The van der Waals surface area contributed by atoms with Crippen LogP contribution in [0.5, 0.6) is 0 Å². The first-order valence-corrected chi connectivity index (χ1v) is 7.26. The Morgan fingerprint density at radius 2 is 1.86 bits per heavy atom. The van der Waals surface area contributed by atoms with Gasteiger partial charge in [0.15, 0.2) is 0 Å². The molecule has 0 atom stereocenters. The van der Waals surface area contributed by atoms with E-state index in [1.165, 1.54) is 12.8 Å². The predicted molar refractivity (Wildman–Crippen MR) is 58.9 cm³/mol. The SMILES string of the molecule is CCS(=O)(=O)CCC1(CN)CCCC1. The summed E-state index contributed by atoms with van der Waals surface area (Å²) < 4.78 is 22.7. The summed E-state index contributed by atoms with van der Waals surface area (Å²) in [4.78, 5) is 0. The zero-order valence-electron chi connectivity index (χ0n) is 8.96. The van der Waals surface area contributed by atoms with Crippen LogP contribution in [0.3, 0.4) is 0 Å². The topological polar surface area (TPSA) is 60.2 Å². The van der Waals surface area contributed by atoms with Gasteiger partial charge in [-0.2, -0.15) is 0 Å². The van der Waals surface area contributed by atoms with Gasteiger partial charge in [-0.1, -0.05) is 19.8 Å². The van der Waals surface area contributed by atoms with Crippen LogP contribution in [-0.4, -0.2) is 26.5 Å². The summed E-state index contributed by atoms with van der Waals surface area (Å²) in [6, 6.07) is 0. The van der Waals surface area contributed by atoms with Gasteiger partial charge in [0.25, 0.3) is 0 Å². The molecule has 3 nitrogen and oxygen atoms in total. The van der Waals surface area contributed by atoms with Crippen molar-refractivity contribution in [3.05, 3.63) is 0 Å². The fourth-order valence-corrected chi connectivity index (χ4v) is 3.23. The molecule has 1 rings (SSSR count). The van der Waals surface area contributed by atoms with Gasteiger partial charge in [0, 0.05) is 5.75 Å². The first kappa shape index (κ1) is 12.0. The van der Waals surface area contributed by atoms with Gasteiger partial charge in [-0.15, -0.1) is 0 Å². The Hall–Kier alpha value is -0.0900. The molecule has 0 heterocycles. The summed E-state index contributed by atoms with van der Waals surface area (Å²) in [5.74, 6) is 0.578. The molecule has 0 radical (unpaired) electrons. The van der Waals surface area contributed by atoms with Crippen molar-refractivity contribution in [2.45, 2.75) is 39.0 Å². The van der Waals surface area contributed by atoms with E-state index in [9.17, 15) is 8.42 Å². The quantitative estimate of drug-likeness (QED) is 0.759. The number of hydrogen-bond acceptors (Lipinski definition) is 3. The summed E-state index contributed by atoms with van der Waals surface area (Å²) in [5.41, 5.74) is 5.89. The van der Waals surface area contributed by atoms with Crippen LogP contribution in [0.15, 0.2) is 0 Å². The fraction of sp³-hybridized carbons (Fsp3) is 1.00. The summed E-state index contributed by atoms with van der Waals surface area (Å²) >= 11 is 0. The van der Waals surface area contributed by atoms with Gasteiger partial charge >= 0.3 is 0 Å². The van der Waals surface area contributed by atoms with Gasteiger partial charge in [-0.05, 0) is 31.2 Å². The summed E-state index contributed by atoms with van der Waals surface area (Å²) in [6.07, 6.45) is 5.41. The second kappa shape index (κ2) is 4.62. The molecule has 84 valence electrons. The smallest absolute Gasteiger partial charge is 0.150 e. The zero-order chi connectivity index (χ0) is 10.7. The maximum Gasteiger partial charge on any atom is 0.150 e. The highest BCUT2D eigenvalue weighted by molar-refractivity contribution is 7.91. The van der Waals surface area contributed by atoms with Crippen molar-refractivity contribution in [2.75, 3.05) is 18.1 Å². The average Bonchev–Trinajstić information content (AvgIpc) is 2.65. The zero-order valence-corrected chi connectivity index (χ0v) is 9.78. The van der Waals surface area contributed by atoms with Crippen molar-refractivity contribution in [1.82, 2.24) is 0 Å². The second-order valence-electron chi connectivity index (χ2n) is 4.40. The normalized spacial score (nSPS) is 21.3. The molecule has 0 aromatic heterocycles. The van der Waals surface area contributed by atoms with E-state index < -0.39 is 9.84 Å². The van der Waals surface area contributed by atoms with Gasteiger partial charge < -0.3 is 5.73 Å². The maximum atomic E-state index is 11.4. The van der Waals surface area contributed by atoms with Crippen molar-refractivity contribution in [3.63, 3.8) is 0 Å². The Kier molecular flexibility index (Phi) is 3.95. The van der Waals surface area contributed by atoms with E-state index in [1.807, 2.05) is 0 Å². The van der Waals surface area contributed by atoms with E-state index in [0.29, 0.717) is 12.3 Å². The molecule has 14 heavy (non-hydrogen) atoms. The molecular formula is C10H21NO2S. The van der Waals surface area contributed by atoms with Crippen molar-refractivity contribution in [2.24, 2.45) is 11.1 Å². The Morgan fingerprint density at radius 1 is 1.29 bits per heavy atom. The molecule has 0 aromatic rings. The monoisotopic (exact) mass is 219 g/mol. The van der Waals surface area contributed by atoms with Crippen LogP contribution >= 0.6 is 0 Å². The van der Waals surface area contributed by atoms with Crippen LogP contribution in [-0.2, 0) is 9.84 Å². The Bertz CT molecular complexity index is 266. The molecule has 0 unspecified atom stereocenters. The Balaban J connectivity index is 2.50. The highest BCUT2D eigenvalue weighted by Gasteiger charge is 2.33. The third-order valence-electron chi connectivity index (χ3n) is 3.48. The molecule has 2 N–H and O–H groups in total. The molecular weight excluding hydrogens is 198 g/mol. The van der Waals surface area contributed by atoms with Gasteiger partial charge in [-0.3, -0.25) is 0 Å². The van der Waals surface area contributed by atoms with E-state index in [2.05, 4.69) is 0 Å². The molecule has 1 aliphatic carbocycles. The molecule has 0 bridgehead atoms. The van der Waals surface area contributed by atoms with E-state index in [4.69, 9.17) is 5.73 Å². The summed E-state index contributed by atoms with van der Waals surface area (Å²) in [5, 5.41) is 0. The van der Waals surface area contributed by atoms with Crippen LogP contribution in [0, 0.1) is 5.41 Å². The fourth-order valence-electron chi connectivity index (χ4n) is 2.20. The van der Waals surface area contributed by atoms with Crippen LogP contribution in [0.1, 0.15) is 39.0 Å². The van der Waals surface area contributed by atoms with Gasteiger partial charge in [0.1, 0.15) is 9.84 Å². The van der Waals surface area contributed by atoms with E-state index >= 15 is 0 Å². The molecule has 0 amide bonds. The van der Waals surface area contributed by atoms with E-state index in [1.54, 1.807) is 6.92 Å². The van der Waals surface area contributed by atoms with Crippen LogP contribution in [0.25, 0.3) is 0 Å². The van der Waals surface area contributed by atoms with Gasteiger partial charge in [-0.25, -0.2) is 8.42 Å². The van der Waals surface area contributed by atoms with Gasteiger partial charge in [0.05, 0.1) is 5.75 Å². The largest absolute Gasteiger partial charge is 0.330 e. The molecule has 0 aliphatic heterocycles. The summed E-state index contributed by atoms with van der Waals surface area (Å²) in [6.45, 7) is 2.35. The Morgan fingerprint density at radius 3 is 2.29 bits per heavy atom. The third-order valence-corrected chi connectivity index (χ3v) is 5.19. The van der Waals surface area contributed by atoms with Gasteiger partial charge in [0.2, 0.25) is 0 Å². The highest BCUT2D eigenvalue weighted by atomic mass is 32.2. The molecule has 4 heteroatoms. The van der Waals surface area contributed by atoms with Crippen LogP contribution < -0.4 is 5.73 Å². The predicted octanol–water partition coefficient (Wildman–Crippen LogP) is 1.33. The highest BCUT2D eigenvalue weighted by Crippen LogP contribution is 2.40. The first-order valence-electron chi connectivity index (χ1n) is 5.44. The number of hydrogen-bond donors (Lipinski definition) is 1. The lowest BCUT2D eigenvalue weighted by Crippen LogP contribution is -2.30. The van der Waals surface area contributed by atoms with Crippen molar-refractivity contribution < 1.29 is 8.42 Å².